The Morgan fingerprint density at radius 1 is 1.29 bits per heavy atom. The van der Waals surface area contributed by atoms with Crippen molar-refractivity contribution in [1.82, 2.24) is 5.32 Å². The van der Waals surface area contributed by atoms with Gasteiger partial charge in [-0.15, -0.1) is 0 Å². The van der Waals surface area contributed by atoms with Crippen molar-refractivity contribution in [3.05, 3.63) is 34.6 Å². The van der Waals surface area contributed by atoms with Crippen LogP contribution in [0.5, 0.6) is 0 Å². The van der Waals surface area contributed by atoms with E-state index in [1.807, 2.05) is 0 Å². The standard InChI is InChI=1S/C12H17ClFNO2/c1-16-6-7-17-5-4-15-9-10-2-3-12(14)11(13)8-10/h2-3,8,15H,4-7,9H2,1H3. The van der Waals surface area contributed by atoms with Crippen LogP contribution in [0.15, 0.2) is 18.2 Å². The van der Waals surface area contributed by atoms with E-state index in [1.54, 1.807) is 19.2 Å². The molecule has 0 radical (unpaired) electrons. The van der Waals surface area contributed by atoms with E-state index in [1.165, 1.54) is 6.07 Å². The van der Waals surface area contributed by atoms with Gasteiger partial charge in [0.25, 0.3) is 0 Å². The van der Waals surface area contributed by atoms with E-state index in [-0.39, 0.29) is 5.02 Å². The number of methoxy groups -OCH3 is 1. The molecule has 0 aliphatic rings. The SMILES string of the molecule is COCCOCCNCc1ccc(F)c(Cl)c1. The molecule has 0 spiro atoms. The lowest BCUT2D eigenvalue weighted by atomic mass is 10.2. The fraction of sp³-hybridized carbons (Fsp3) is 0.500. The maximum atomic E-state index is 12.9. The lowest BCUT2D eigenvalue weighted by Crippen LogP contribution is -2.20. The molecule has 96 valence electrons. The molecule has 0 saturated heterocycles. The van der Waals surface area contributed by atoms with Gasteiger partial charge >= 0.3 is 0 Å². The first-order valence-corrected chi connectivity index (χ1v) is 5.83. The van der Waals surface area contributed by atoms with Gasteiger partial charge in [0, 0.05) is 20.2 Å². The van der Waals surface area contributed by atoms with E-state index in [2.05, 4.69) is 5.32 Å². The average Bonchev–Trinajstić information content (AvgIpc) is 2.32. The van der Waals surface area contributed by atoms with Gasteiger partial charge in [0.2, 0.25) is 0 Å². The zero-order chi connectivity index (χ0) is 12.5. The summed E-state index contributed by atoms with van der Waals surface area (Å²) in [6.07, 6.45) is 0. The normalized spacial score (nSPS) is 10.8. The summed E-state index contributed by atoms with van der Waals surface area (Å²) in [6, 6.07) is 4.70. The van der Waals surface area contributed by atoms with Crippen LogP contribution < -0.4 is 5.32 Å². The fourth-order valence-corrected chi connectivity index (χ4v) is 1.47. The summed E-state index contributed by atoms with van der Waals surface area (Å²) in [5.41, 5.74) is 0.952. The Balaban J connectivity index is 2.11. The van der Waals surface area contributed by atoms with Gasteiger partial charge in [-0.2, -0.15) is 0 Å². The molecule has 0 atom stereocenters. The molecule has 3 nitrogen and oxygen atoms in total. The van der Waals surface area contributed by atoms with Gasteiger partial charge in [-0.25, -0.2) is 4.39 Å². The molecule has 0 heterocycles. The summed E-state index contributed by atoms with van der Waals surface area (Å²) in [5.74, 6) is -0.390. The van der Waals surface area contributed by atoms with Crippen molar-refractivity contribution in [2.75, 3.05) is 33.5 Å². The molecule has 0 aliphatic carbocycles. The molecule has 1 rings (SSSR count). The fourth-order valence-electron chi connectivity index (χ4n) is 1.27. The monoisotopic (exact) mass is 261 g/mol. The maximum Gasteiger partial charge on any atom is 0.141 e. The molecule has 0 aliphatic heterocycles. The maximum absolute atomic E-state index is 12.9. The quantitative estimate of drug-likeness (QED) is 0.728. The van der Waals surface area contributed by atoms with Crippen LogP contribution in [0.25, 0.3) is 0 Å². The first-order chi connectivity index (χ1) is 8.24. The molecule has 0 unspecified atom stereocenters. The van der Waals surface area contributed by atoms with Crippen molar-refractivity contribution in [3.8, 4) is 0 Å². The van der Waals surface area contributed by atoms with E-state index in [0.29, 0.717) is 26.4 Å². The zero-order valence-electron chi connectivity index (χ0n) is 9.84. The second-order valence-electron chi connectivity index (χ2n) is 3.53. The highest BCUT2D eigenvalue weighted by atomic mass is 35.5. The van der Waals surface area contributed by atoms with E-state index >= 15 is 0 Å². The molecular weight excluding hydrogens is 245 g/mol. The van der Waals surface area contributed by atoms with Crippen molar-refractivity contribution in [2.45, 2.75) is 6.54 Å². The third-order valence-corrected chi connectivity index (χ3v) is 2.46. The number of benzene rings is 1. The molecule has 17 heavy (non-hydrogen) atoms. The summed E-state index contributed by atoms with van der Waals surface area (Å²) < 4.78 is 23.0. The summed E-state index contributed by atoms with van der Waals surface area (Å²) >= 11 is 5.67. The van der Waals surface area contributed by atoms with Crippen LogP contribution in [0.2, 0.25) is 5.02 Å². The van der Waals surface area contributed by atoms with Crippen molar-refractivity contribution < 1.29 is 13.9 Å². The Morgan fingerprint density at radius 3 is 2.82 bits per heavy atom. The highest BCUT2D eigenvalue weighted by Crippen LogP contribution is 2.15. The average molecular weight is 262 g/mol. The first-order valence-electron chi connectivity index (χ1n) is 5.45. The van der Waals surface area contributed by atoms with Crippen molar-refractivity contribution >= 4 is 11.6 Å². The molecule has 0 aromatic heterocycles. The highest BCUT2D eigenvalue weighted by Gasteiger charge is 2.00. The summed E-state index contributed by atoms with van der Waals surface area (Å²) in [6.45, 7) is 3.21. The van der Waals surface area contributed by atoms with Gasteiger partial charge in [0.1, 0.15) is 5.82 Å². The van der Waals surface area contributed by atoms with Crippen LogP contribution in [-0.2, 0) is 16.0 Å². The van der Waals surface area contributed by atoms with E-state index in [4.69, 9.17) is 21.1 Å². The van der Waals surface area contributed by atoms with Gasteiger partial charge in [-0.3, -0.25) is 0 Å². The number of halogens is 2. The van der Waals surface area contributed by atoms with E-state index < -0.39 is 5.82 Å². The number of hydrogen-bond acceptors (Lipinski definition) is 3. The molecular formula is C12H17ClFNO2. The van der Waals surface area contributed by atoms with Crippen LogP contribution >= 0.6 is 11.6 Å². The van der Waals surface area contributed by atoms with Gasteiger partial charge in [0.15, 0.2) is 0 Å². The van der Waals surface area contributed by atoms with Crippen LogP contribution in [0.3, 0.4) is 0 Å². The largest absolute Gasteiger partial charge is 0.382 e. The predicted octanol–water partition coefficient (Wildman–Crippen LogP) is 2.23. The Labute approximate surface area is 106 Å². The summed E-state index contributed by atoms with van der Waals surface area (Å²) in [7, 11) is 1.64. The summed E-state index contributed by atoms with van der Waals surface area (Å²) in [4.78, 5) is 0. The van der Waals surface area contributed by atoms with Crippen LogP contribution in [0.1, 0.15) is 5.56 Å². The zero-order valence-corrected chi connectivity index (χ0v) is 10.6. The van der Waals surface area contributed by atoms with Crippen molar-refractivity contribution in [2.24, 2.45) is 0 Å². The molecule has 0 saturated carbocycles. The van der Waals surface area contributed by atoms with Gasteiger partial charge in [-0.05, 0) is 17.7 Å². The Hall–Kier alpha value is -0.680. The molecule has 0 fully saturated rings. The van der Waals surface area contributed by atoms with E-state index in [0.717, 1.165) is 12.1 Å². The van der Waals surface area contributed by atoms with Gasteiger partial charge in [0.05, 0.1) is 24.8 Å². The van der Waals surface area contributed by atoms with Crippen molar-refractivity contribution in [1.29, 1.82) is 0 Å². The second-order valence-corrected chi connectivity index (χ2v) is 3.94. The minimum atomic E-state index is -0.390. The van der Waals surface area contributed by atoms with Crippen LogP contribution in [0.4, 0.5) is 4.39 Å². The number of rotatable bonds is 8. The Bertz CT molecular complexity index is 336. The van der Waals surface area contributed by atoms with Gasteiger partial charge < -0.3 is 14.8 Å². The van der Waals surface area contributed by atoms with Crippen molar-refractivity contribution in [3.63, 3.8) is 0 Å². The minimum absolute atomic E-state index is 0.153. The molecule has 1 N–H and O–H groups in total. The molecule has 0 amide bonds. The number of ether oxygens (including phenoxy) is 2. The summed E-state index contributed by atoms with van der Waals surface area (Å²) in [5, 5.41) is 3.33. The first kappa shape index (κ1) is 14.4. The Kier molecular flexibility index (Phi) is 7.12. The number of hydrogen-bond donors (Lipinski definition) is 1. The molecule has 5 heteroatoms. The molecule has 1 aromatic rings. The second kappa shape index (κ2) is 8.42. The molecule has 1 aromatic carbocycles. The van der Waals surface area contributed by atoms with Gasteiger partial charge in [-0.1, -0.05) is 17.7 Å². The molecule has 0 bridgehead atoms. The predicted molar refractivity (Wildman–Crippen MR) is 65.8 cm³/mol. The third-order valence-electron chi connectivity index (χ3n) is 2.17. The highest BCUT2D eigenvalue weighted by molar-refractivity contribution is 6.30. The van der Waals surface area contributed by atoms with Crippen LogP contribution in [0, 0.1) is 5.82 Å². The van der Waals surface area contributed by atoms with Crippen LogP contribution in [-0.4, -0.2) is 33.5 Å². The third kappa shape index (κ3) is 5.98. The lowest BCUT2D eigenvalue weighted by Gasteiger charge is -2.06. The number of nitrogens with one attached hydrogen (secondary N) is 1. The Morgan fingerprint density at radius 2 is 2.12 bits per heavy atom. The topological polar surface area (TPSA) is 30.5 Å². The minimum Gasteiger partial charge on any atom is -0.382 e. The van der Waals surface area contributed by atoms with E-state index in [9.17, 15) is 4.39 Å². The smallest absolute Gasteiger partial charge is 0.141 e. The lowest BCUT2D eigenvalue weighted by molar-refractivity contribution is 0.0719.